The second kappa shape index (κ2) is 9.53. The van der Waals surface area contributed by atoms with Crippen molar-refractivity contribution in [3.63, 3.8) is 0 Å². The Balaban J connectivity index is 1.44. The molecule has 1 aromatic carbocycles. The zero-order valence-electron chi connectivity index (χ0n) is 15.3. The minimum Gasteiger partial charge on any atom is -0.394 e. The van der Waals surface area contributed by atoms with E-state index in [0.717, 1.165) is 24.8 Å². The van der Waals surface area contributed by atoms with Crippen molar-refractivity contribution in [3.8, 4) is 0 Å². The van der Waals surface area contributed by atoms with Crippen molar-refractivity contribution in [2.75, 3.05) is 6.61 Å². The van der Waals surface area contributed by atoms with Crippen LogP contribution < -0.4 is 10.6 Å². The lowest BCUT2D eigenvalue weighted by Gasteiger charge is -2.37. The van der Waals surface area contributed by atoms with E-state index in [-0.39, 0.29) is 42.9 Å². The molecule has 6 nitrogen and oxygen atoms in total. The van der Waals surface area contributed by atoms with E-state index >= 15 is 0 Å². The van der Waals surface area contributed by atoms with Crippen molar-refractivity contribution in [3.05, 3.63) is 34.9 Å². The average molecular weight is 395 g/mol. The lowest BCUT2D eigenvalue weighted by Crippen LogP contribution is -2.53. The fourth-order valence-electron chi connectivity index (χ4n) is 3.53. The fraction of sp³-hybridized carbons (Fsp3) is 0.600. The maximum atomic E-state index is 12.2. The van der Waals surface area contributed by atoms with Crippen molar-refractivity contribution < 1.29 is 19.4 Å². The summed E-state index contributed by atoms with van der Waals surface area (Å²) in [7, 11) is 0. The van der Waals surface area contributed by atoms with Gasteiger partial charge in [-0.2, -0.15) is 0 Å². The number of amides is 2. The summed E-state index contributed by atoms with van der Waals surface area (Å²) >= 11 is 6.09. The Morgan fingerprint density at radius 3 is 2.63 bits per heavy atom. The molecule has 2 fully saturated rings. The van der Waals surface area contributed by atoms with Crippen LogP contribution in [0.3, 0.4) is 0 Å². The molecule has 3 rings (SSSR count). The molecule has 0 radical (unpaired) electrons. The lowest BCUT2D eigenvalue weighted by atomic mass is 9.84. The topological polar surface area (TPSA) is 87.7 Å². The average Bonchev–Trinajstić information content (AvgIpc) is 2.60. The highest BCUT2D eigenvalue weighted by molar-refractivity contribution is 6.31. The minimum atomic E-state index is -0.468. The molecule has 148 valence electrons. The Morgan fingerprint density at radius 1 is 1.19 bits per heavy atom. The Labute approximate surface area is 164 Å². The molecular weight excluding hydrogens is 368 g/mol. The summed E-state index contributed by atoms with van der Waals surface area (Å²) < 4.78 is 5.88. The highest BCUT2D eigenvalue weighted by Gasteiger charge is 2.35. The summed E-state index contributed by atoms with van der Waals surface area (Å²) in [5.74, 6) is 0.0513. The van der Waals surface area contributed by atoms with Crippen LogP contribution >= 0.6 is 11.6 Å². The quantitative estimate of drug-likeness (QED) is 0.661. The molecule has 1 saturated heterocycles. The Hall–Kier alpha value is -1.63. The van der Waals surface area contributed by atoms with E-state index in [2.05, 4.69) is 10.6 Å². The summed E-state index contributed by atoms with van der Waals surface area (Å²) in [4.78, 5) is 24.4. The van der Waals surface area contributed by atoms with E-state index in [1.807, 2.05) is 18.2 Å². The molecule has 0 aromatic heterocycles. The van der Waals surface area contributed by atoms with E-state index in [0.29, 0.717) is 24.4 Å². The normalized spacial score (nSPS) is 25.5. The van der Waals surface area contributed by atoms with Gasteiger partial charge >= 0.3 is 0 Å². The SMILES string of the molecule is O=C(C[C@H]1CC[C@@H](NC(=O)C2CCC2)[C@H](CO)O1)NCc1ccccc1Cl. The van der Waals surface area contributed by atoms with Gasteiger partial charge < -0.3 is 20.5 Å². The fourth-order valence-corrected chi connectivity index (χ4v) is 3.74. The van der Waals surface area contributed by atoms with Gasteiger partial charge in [-0.05, 0) is 37.3 Å². The van der Waals surface area contributed by atoms with Gasteiger partial charge in [0.25, 0.3) is 0 Å². The first-order valence-corrected chi connectivity index (χ1v) is 10.0. The number of carbonyl (C=O) groups is 2. The van der Waals surface area contributed by atoms with Crippen molar-refractivity contribution in [2.45, 2.75) is 63.3 Å². The zero-order chi connectivity index (χ0) is 19.2. The molecule has 1 aliphatic heterocycles. The highest BCUT2D eigenvalue weighted by Crippen LogP contribution is 2.28. The number of rotatable bonds is 7. The predicted molar refractivity (Wildman–Crippen MR) is 102 cm³/mol. The smallest absolute Gasteiger partial charge is 0.223 e. The molecule has 1 heterocycles. The number of benzene rings is 1. The van der Waals surface area contributed by atoms with Gasteiger partial charge in [-0.3, -0.25) is 9.59 Å². The number of hydrogen-bond donors (Lipinski definition) is 3. The molecule has 7 heteroatoms. The Kier molecular flexibility index (Phi) is 7.10. The predicted octanol–water partition coefficient (Wildman–Crippen LogP) is 2.17. The first-order chi connectivity index (χ1) is 13.1. The molecular formula is C20H27ClN2O4. The van der Waals surface area contributed by atoms with Gasteiger partial charge in [-0.15, -0.1) is 0 Å². The van der Waals surface area contributed by atoms with Crippen molar-refractivity contribution in [1.29, 1.82) is 0 Å². The molecule has 27 heavy (non-hydrogen) atoms. The van der Waals surface area contributed by atoms with Crippen LogP contribution in [-0.4, -0.2) is 41.8 Å². The molecule has 1 aromatic rings. The molecule has 1 aliphatic carbocycles. The van der Waals surface area contributed by atoms with Crippen LogP contribution in [0.25, 0.3) is 0 Å². The summed E-state index contributed by atoms with van der Waals surface area (Å²) in [6, 6.07) is 7.19. The number of aliphatic hydroxyl groups excluding tert-OH is 1. The molecule has 2 amide bonds. The van der Waals surface area contributed by atoms with E-state index in [4.69, 9.17) is 16.3 Å². The van der Waals surface area contributed by atoms with Gasteiger partial charge in [0.05, 0.1) is 25.2 Å². The summed E-state index contributed by atoms with van der Waals surface area (Å²) in [6.07, 6.45) is 3.86. The monoisotopic (exact) mass is 394 g/mol. The number of carbonyl (C=O) groups excluding carboxylic acids is 2. The third-order valence-corrected chi connectivity index (χ3v) is 5.81. The zero-order valence-corrected chi connectivity index (χ0v) is 16.1. The summed E-state index contributed by atoms with van der Waals surface area (Å²) in [5, 5.41) is 16.1. The number of aliphatic hydroxyl groups is 1. The molecule has 3 N–H and O–H groups in total. The number of halogens is 1. The largest absolute Gasteiger partial charge is 0.394 e. The molecule has 1 saturated carbocycles. The Morgan fingerprint density at radius 2 is 1.96 bits per heavy atom. The number of nitrogens with one attached hydrogen (secondary N) is 2. The first-order valence-electron chi connectivity index (χ1n) is 9.63. The molecule has 0 unspecified atom stereocenters. The maximum Gasteiger partial charge on any atom is 0.223 e. The highest BCUT2D eigenvalue weighted by atomic mass is 35.5. The van der Waals surface area contributed by atoms with Crippen LogP contribution in [0.5, 0.6) is 0 Å². The summed E-state index contributed by atoms with van der Waals surface area (Å²) in [5.41, 5.74) is 0.865. The second-order valence-electron chi connectivity index (χ2n) is 7.37. The van der Waals surface area contributed by atoms with E-state index < -0.39 is 6.10 Å². The Bertz CT molecular complexity index is 665. The maximum absolute atomic E-state index is 12.2. The van der Waals surface area contributed by atoms with Crippen LogP contribution in [0.2, 0.25) is 5.02 Å². The first kappa shape index (κ1) is 20.1. The van der Waals surface area contributed by atoms with E-state index in [1.165, 1.54) is 0 Å². The lowest BCUT2D eigenvalue weighted by molar-refractivity contribution is -0.138. The van der Waals surface area contributed by atoms with Crippen molar-refractivity contribution in [1.82, 2.24) is 10.6 Å². The van der Waals surface area contributed by atoms with Crippen LogP contribution in [0, 0.1) is 5.92 Å². The van der Waals surface area contributed by atoms with Crippen LogP contribution in [0.15, 0.2) is 24.3 Å². The van der Waals surface area contributed by atoms with Crippen LogP contribution in [0.1, 0.15) is 44.1 Å². The minimum absolute atomic E-state index is 0.0595. The van der Waals surface area contributed by atoms with E-state index in [1.54, 1.807) is 6.07 Å². The van der Waals surface area contributed by atoms with Crippen molar-refractivity contribution in [2.24, 2.45) is 5.92 Å². The van der Waals surface area contributed by atoms with Gasteiger partial charge in [0.15, 0.2) is 0 Å². The second-order valence-corrected chi connectivity index (χ2v) is 7.78. The van der Waals surface area contributed by atoms with Gasteiger partial charge in [0.2, 0.25) is 11.8 Å². The van der Waals surface area contributed by atoms with Gasteiger partial charge in [0.1, 0.15) is 6.10 Å². The van der Waals surface area contributed by atoms with E-state index in [9.17, 15) is 14.7 Å². The molecule has 0 bridgehead atoms. The number of hydrogen-bond acceptors (Lipinski definition) is 4. The van der Waals surface area contributed by atoms with Gasteiger partial charge in [-0.25, -0.2) is 0 Å². The van der Waals surface area contributed by atoms with Gasteiger partial charge in [-0.1, -0.05) is 36.2 Å². The van der Waals surface area contributed by atoms with Crippen LogP contribution in [-0.2, 0) is 20.9 Å². The molecule has 2 aliphatic rings. The third kappa shape index (κ3) is 5.43. The van der Waals surface area contributed by atoms with Crippen molar-refractivity contribution >= 4 is 23.4 Å². The third-order valence-electron chi connectivity index (χ3n) is 5.45. The summed E-state index contributed by atoms with van der Waals surface area (Å²) in [6.45, 7) is 0.197. The molecule has 0 spiro atoms. The standard InChI is InChI=1S/C20H27ClN2O4/c21-16-7-2-1-4-14(16)11-22-19(25)10-15-8-9-17(18(12-24)27-15)23-20(26)13-5-3-6-13/h1-2,4,7,13,15,17-18,24H,3,5-6,8-12H2,(H,22,25)(H,23,26)/t15-,17-,18+/m1/s1. The molecule has 3 atom stereocenters. The van der Waals surface area contributed by atoms with Crippen LogP contribution in [0.4, 0.5) is 0 Å². The van der Waals surface area contributed by atoms with Gasteiger partial charge in [0, 0.05) is 17.5 Å². The number of ether oxygens (including phenoxy) is 1.